The summed E-state index contributed by atoms with van der Waals surface area (Å²) in [6.45, 7) is 3.68. The molecule has 0 aromatic rings. The molecule has 0 saturated heterocycles. The van der Waals surface area contributed by atoms with Gasteiger partial charge in [-0.3, -0.25) is 4.79 Å². The summed E-state index contributed by atoms with van der Waals surface area (Å²) in [4.78, 5) is 23.4. The number of hydrogen-bond acceptors (Lipinski definition) is 3. The summed E-state index contributed by atoms with van der Waals surface area (Å²) in [5.74, 6) is -2.07. The van der Waals surface area contributed by atoms with Crippen LogP contribution in [0.4, 0.5) is 4.39 Å². The molecule has 0 radical (unpaired) electrons. The second-order valence-corrected chi connectivity index (χ2v) is 5.16. The van der Waals surface area contributed by atoms with Crippen molar-refractivity contribution in [3.8, 4) is 0 Å². The van der Waals surface area contributed by atoms with Gasteiger partial charge in [-0.1, -0.05) is 52.4 Å². The normalized spacial score (nSPS) is 11.6. The molecule has 1 atom stereocenters. The van der Waals surface area contributed by atoms with Gasteiger partial charge in [0, 0.05) is 6.54 Å². The Morgan fingerprint density at radius 3 is 2.14 bits per heavy atom. The van der Waals surface area contributed by atoms with Crippen molar-refractivity contribution < 1.29 is 48.6 Å². The molecule has 0 aromatic heterocycles. The van der Waals surface area contributed by atoms with Gasteiger partial charge in [0.25, 0.3) is 5.91 Å². The largest absolute Gasteiger partial charge is 1.00 e. The van der Waals surface area contributed by atoms with Crippen LogP contribution >= 0.6 is 0 Å². The van der Waals surface area contributed by atoms with E-state index in [2.05, 4.69) is 6.92 Å². The van der Waals surface area contributed by atoms with Crippen molar-refractivity contribution in [3.63, 3.8) is 0 Å². The average Bonchev–Trinajstić information content (AvgIpc) is 2.40. The van der Waals surface area contributed by atoms with Crippen LogP contribution in [-0.4, -0.2) is 36.0 Å². The maximum Gasteiger partial charge on any atom is 1.00 e. The fourth-order valence-corrected chi connectivity index (χ4v) is 2.12. The third-order valence-electron chi connectivity index (χ3n) is 3.20. The van der Waals surface area contributed by atoms with Gasteiger partial charge < -0.3 is 14.8 Å². The van der Waals surface area contributed by atoms with Crippen LogP contribution in [-0.2, 0) is 9.59 Å². The van der Waals surface area contributed by atoms with Crippen molar-refractivity contribution in [1.82, 2.24) is 4.90 Å². The van der Waals surface area contributed by atoms with Gasteiger partial charge in [-0.25, -0.2) is 4.39 Å². The summed E-state index contributed by atoms with van der Waals surface area (Å²) in [5, 5.41) is 10.5. The van der Waals surface area contributed by atoms with Gasteiger partial charge in [0.05, 0.1) is 12.5 Å². The van der Waals surface area contributed by atoms with Gasteiger partial charge in [-0.2, -0.15) is 0 Å². The number of hydrogen-bond donors (Lipinski definition) is 0. The monoisotopic (exact) mass is 311 g/mol. The zero-order valence-electron chi connectivity index (χ0n) is 13.7. The molecule has 4 nitrogen and oxygen atoms in total. The molecular formula is C15H27FNNaO3. The van der Waals surface area contributed by atoms with E-state index in [0.717, 1.165) is 24.2 Å². The second kappa shape index (κ2) is 14.8. The van der Waals surface area contributed by atoms with E-state index >= 15 is 0 Å². The molecule has 0 rings (SSSR count). The molecule has 21 heavy (non-hydrogen) atoms. The number of carbonyl (C=O) groups excluding carboxylic acids is 2. The van der Waals surface area contributed by atoms with E-state index in [1.165, 1.54) is 12.8 Å². The molecule has 1 unspecified atom stereocenters. The Bertz CT molecular complexity index is 290. The van der Waals surface area contributed by atoms with Crippen LogP contribution in [0.1, 0.15) is 65.2 Å². The number of unbranched alkanes of at least 4 members (excludes halogenated alkanes) is 5. The first-order valence-corrected chi connectivity index (χ1v) is 7.65. The minimum absolute atomic E-state index is 0. The smallest absolute Gasteiger partial charge is 0.548 e. The summed E-state index contributed by atoms with van der Waals surface area (Å²) >= 11 is 0. The van der Waals surface area contributed by atoms with E-state index < -0.39 is 24.6 Å². The maximum absolute atomic E-state index is 13.8. The van der Waals surface area contributed by atoms with Gasteiger partial charge in [0.1, 0.15) is 0 Å². The second-order valence-electron chi connectivity index (χ2n) is 5.16. The molecular weight excluding hydrogens is 284 g/mol. The SMILES string of the molecule is CCCCCCCCC(F)C(=O)N(CCC)CC(=O)[O-].[Na+]. The summed E-state index contributed by atoms with van der Waals surface area (Å²) in [6, 6.07) is 0. The number of carbonyl (C=O) groups is 2. The molecule has 0 spiro atoms. The molecule has 1 amide bonds. The predicted molar refractivity (Wildman–Crippen MR) is 74.8 cm³/mol. The van der Waals surface area contributed by atoms with E-state index in [0.29, 0.717) is 12.8 Å². The van der Waals surface area contributed by atoms with Crippen molar-refractivity contribution in [3.05, 3.63) is 0 Å². The molecule has 0 N–H and O–H groups in total. The van der Waals surface area contributed by atoms with E-state index in [4.69, 9.17) is 0 Å². The van der Waals surface area contributed by atoms with Gasteiger partial charge in [0.15, 0.2) is 6.17 Å². The maximum atomic E-state index is 13.8. The number of carboxylic acids is 1. The van der Waals surface area contributed by atoms with Crippen molar-refractivity contribution in [2.75, 3.05) is 13.1 Å². The number of nitrogens with zero attached hydrogens (tertiary/aromatic N) is 1. The van der Waals surface area contributed by atoms with Gasteiger partial charge >= 0.3 is 29.6 Å². The number of amides is 1. The first kappa shape index (κ1) is 23.1. The number of aliphatic carboxylic acids is 1. The standard InChI is InChI=1S/C15H28FNO3.Na/c1-3-5-6-7-8-9-10-13(16)15(20)17(11-4-2)12-14(18)19;/h13H,3-12H2,1-2H3,(H,18,19);/q;+1/p-1. The van der Waals surface area contributed by atoms with Crippen LogP contribution in [0.2, 0.25) is 0 Å². The number of rotatable bonds is 12. The van der Waals surface area contributed by atoms with Gasteiger partial charge in [-0.05, 0) is 12.8 Å². The Labute approximate surface area is 149 Å². The summed E-state index contributed by atoms with van der Waals surface area (Å²) in [7, 11) is 0. The molecule has 0 aliphatic heterocycles. The average molecular weight is 311 g/mol. The van der Waals surface area contributed by atoms with Crippen LogP contribution in [0, 0.1) is 0 Å². The first-order valence-electron chi connectivity index (χ1n) is 7.65. The molecule has 0 aliphatic carbocycles. The molecule has 0 fully saturated rings. The zero-order valence-corrected chi connectivity index (χ0v) is 15.7. The molecule has 6 heteroatoms. The molecule has 0 heterocycles. The quantitative estimate of drug-likeness (QED) is 0.345. The van der Waals surface area contributed by atoms with E-state index in [1.54, 1.807) is 0 Å². The van der Waals surface area contributed by atoms with Crippen molar-refractivity contribution in [2.45, 2.75) is 71.4 Å². The summed E-state index contributed by atoms with van der Waals surface area (Å²) < 4.78 is 13.8. The first-order chi connectivity index (χ1) is 9.52. The van der Waals surface area contributed by atoms with Crippen LogP contribution in [0.5, 0.6) is 0 Å². The van der Waals surface area contributed by atoms with Gasteiger partial charge in [0.2, 0.25) is 0 Å². The van der Waals surface area contributed by atoms with Crippen LogP contribution in [0.3, 0.4) is 0 Å². The number of alkyl halides is 1. The minimum Gasteiger partial charge on any atom is -0.548 e. The summed E-state index contributed by atoms with van der Waals surface area (Å²) in [6.07, 6.45) is 5.34. The van der Waals surface area contributed by atoms with Crippen LogP contribution < -0.4 is 34.7 Å². The molecule has 0 aliphatic rings. The third kappa shape index (κ3) is 12.1. The number of carboxylic acid groups (broad SMARTS) is 1. The van der Waals surface area contributed by atoms with Crippen LogP contribution in [0.25, 0.3) is 0 Å². The Morgan fingerprint density at radius 2 is 1.62 bits per heavy atom. The van der Waals surface area contributed by atoms with E-state index in [-0.39, 0.29) is 42.5 Å². The zero-order chi connectivity index (χ0) is 15.4. The fraction of sp³-hybridized carbons (Fsp3) is 0.867. The Balaban J connectivity index is 0. The molecule has 0 aromatic carbocycles. The Kier molecular flexibility index (Phi) is 16.3. The van der Waals surface area contributed by atoms with Crippen molar-refractivity contribution in [2.24, 2.45) is 0 Å². The van der Waals surface area contributed by atoms with Gasteiger partial charge in [-0.15, -0.1) is 0 Å². The predicted octanol–water partition coefficient (Wildman–Crippen LogP) is -0.932. The molecule has 0 bridgehead atoms. The van der Waals surface area contributed by atoms with E-state index in [9.17, 15) is 19.1 Å². The van der Waals surface area contributed by atoms with Crippen molar-refractivity contribution >= 4 is 11.9 Å². The van der Waals surface area contributed by atoms with Crippen molar-refractivity contribution in [1.29, 1.82) is 0 Å². The van der Waals surface area contributed by atoms with E-state index in [1.807, 2.05) is 6.92 Å². The number of halogens is 1. The van der Waals surface area contributed by atoms with Crippen LogP contribution in [0.15, 0.2) is 0 Å². The fourth-order valence-electron chi connectivity index (χ4n) is 2.12. The Hall–Kier alpha value is -0.130. The molecule has 118 valence electrons. The minimum atomic E-state index is -1.59. The molecule has 0 saturated carbocycles. The topological polar surface area (TPSA) is 60.4 Å². The summed E-state index contributed by atoms with van der Waals surface area (Å²) in [5.41, 5.74) is 0. The Morgan fingerprint density at radius 1 is 1.05 bits per heavy atom. The third-order valence-corrected chi connectivity index (χ3v) is 3.20.